The number of hydrogen-bond donors (Lipinski definition) is 0. The lowest BCUT2D eigenvalue weighted by Crippen LogP contribution is -2.57. The van der Waals surface area contributed by atoms with Crippen molar-refractivity contribution in [3.8, 4) is 0 Å². The average molecular weight is 291 g/mol. The van der Waals surface area contributed by atoms with Gasteiger partial charge in [0.1, 0.15) is 5.82 Å². The van der Waals surface area contributed by atoms with Gasteiger partial charge in [0.2, 0.25) is 0 Å². The Hall–Kier alpha value is -1.52. The van der Waals surface area contributed by atoms with E-state index in [1.165, 1.54) is 12.1 Å². The van der Waals surface area contributed by atoms with Crippen molar-refractivity contribution in [2.24, 2.45) is 0 Å². The molecule has 0 saturated carbocycles. The molecule has 0 N–H and O–H groups in total. The molecule has 1 fully saturated rings. The lowest BCUT2D eigenvalue weighted by atomic mass is 9.81. The van der Waals surface area contributed by atoms with Crippen molar-refractivity contribution in [2.75, 3.05) is 26.3 Å². The SMILES string of the molecule is C=CCC(CC)(C(=O)c1ccc(F)cc1)N1CCOCC1. The molecule has 1 aliphatic rings. The van der Waals surface area contributed by atoms with E-state index < -0.39 is 5.54 Å². The molecule has 1 saturated heterocycles. The minimum absolute atomic E-state index is 0.0341. The Morgan fingerprint density at radius 2 is 2.00 bits per heavy atom. The molecule has 1 atom stereocenters. The molecule has 0 aromatic heterocycles. The van der Waals surface area contributed by atoms with E-state index in [0.717, 1.165) is 13.1 Å². The molecule has 0 radical (unpaired) electrons. The molecular weight excluding hydrogens is 269 g/mol. The molecule has 0 amide bonds. The Bertz CT molecular complexity index is 494. The fraction of sp³-hybridized carbons (Fsp3) is 0.471. The smallest absolute Gasteiger partial charge is 0.183 e. The van der Waals surface area contributed by atoms with Crippen LogP contribution in [0.1, 0.15) is 30.1 Å². The molecule has 1 unspecified atom stereocenters. The van der Waals surface area contributed by atoms with Crippen LogP contribution in [0.15, 0.2) is 36.9 Å². The number of Topliss-reactive ketones (excluding diaryl/α,β-unsaturated/α-hetero) is 1. The van der Waals surface area contributed by atoms with E-state index in [1.807, 2.05) is 6.92 Å². The molecule has 2 rings (SSSR count). The van der Waals surface area contributed by atoms with Crippen LogP contribution >= 0.6 is 0 Å². The fourth-order valence-corrected chi connectivity index (χ4v) is 2.99. The predicted octanol–water partition coefficient (Wildman–Crippen LogP) is 3.07. The summed E-state index contributed by atoms with van der Waals surface area (Å²) < 4.78 is 18.5. The van der Waals surface area contributed by atoms with Crippen LogP contribution in [-0.2, 0) is 4.74 Å². The third-order valence-electron chi connectivity index (χ3n) is 4.21. The standard InChI is InChI=1S/C17H22FNO2/c1-3-9-17(4-2,19-10-12-21-13-11-19)16(20)14-5-7-15(18)8-6-14/h3,5-8H,1,4,9-13H2,2H3. The van der Waals surface area contributed by atoms with Gasteiger partial charge in [-0.25, -0.2) is 4.39 Å². The maximum absolute atomic E-state index is 13.1. The summed E-state index contributed by atoms with van der Waals surface area (Å²) in [6.07, 6.45) is 3.06. The van der Waals surface area contributed by atoms with Crippen LogP contribution in [0.25, 0.3) is 0 Å². The summed E-state index contributed by atoms with van der Waals surface area (Å²) in [5, 5.41) is 0. The van der Waals surface area contributed by atoms with Crippen molar-refractivity contribution in [2.45, 2.75) is 25.3 Å². The first-order valence-corrected chi connectivity index (χ1v) is 7.38. The van der Waals surface area contributed by atoms with E-state index in [0.29, 0.717) is 31.6 Å². The Balaban J connectivity index is 2.35. The molecule has 0 bridgehead atoms. The molecule has 0 spiro atoms. The first-order chi connectivity index (χ1) is 10.1. The highest BCUT2D eigenvalue weighted by Crippen LogP contribution is 2.30. The average Bonchev–Trinajstić information content (AvgIpc) is 2.53. The van der Waals surface area contributed by atoms with Crippen molar-refractivity contribution < 1.29 is 13.9 Å². The van der Waals surface area contributed by atoms with E-state index in [-0.39, 0.29) is 11.6 Å². The van der Waals surface area contributed by atoms with E-state index >= 15 is 0 Å². The van der Waals surface area contributed by atoms with Crippen LogP contribution in [0, 0.1) is 5.82 Å². The minimum atomic E-state index is -0.608. The molecule has 114 valence electrons. The van der Waals surface area contributed by atoms with Crippen LogP contribution in [0.2, 0.25) is 0 Å². The Morgan fingerprint density at radius 1 is 1.38 bits per heavy atom. The Kier molecular flexibility index (Phi) is 5.26. The molecule has 21 heavy (non-hydrogen) atoms. The van der Waals surface area contributed by atoms with Crippen LogP contribution in [0.4, 0.5) is 4.39 Å². The van der Waals surface area contributed by atoms with Gasteiger partial charge in [-0.1, -0.05) is 13.0 Å². The number of hydrogen-bond acceptors (Lipinski definition) is 3. The highest BCUT2D eigenvalue weighted by atomic mass is 19.1. The molecule has 0 aliphatic carbocycles. The van der Waals surface area contributed by atoms with Crippen molar-refractivity contribution in [1.29, 1.82) is 0 Å². The van der Waals surface area contributed by atoms with Crippen LogP contribution in [-0.4, -0.2) is 42.5 Å². The first-order valence-electron chi connectivity index (χ1n) is 7.38. The number of nitrogens with zero attached hydrogens (tertiary/aromatic N) is 1. The quantitative estimate of drug-likeness (QED) is 0.596. The number of carbonyl (C=O) groups is 1. The zero-order valence-electron chi connectivity index (χ0n) is 12.5. The van der Waals surface area contributed by atoms with Crippen LogP contribution in [0.3, 0.4) is 0 Å². The Morgan fingerprint density at radius 3 is 2.52 bits per heavy atom. The second-order valence-electron chi connectivity index (χ2n) is 5.31. The van der Waals surface area contributed by atoms with Gasteiger partial charge in [0.25, 0.3) is 0 Å². The third-order valence-corrected chi connectivity index (χ3v) is 4.21. The number of morpholine rings is 1. The molecule has 1 aromatic carbocycles. The number of ether oxygens (including phenoxy) is 1. The number of halogens is 1. The second kappa shape index (κ2) is 6.96. The van der Waals surface area contributed by atoms with Crippen LogP contribution < -0.4 is 0 Å². The minimum Gasteiger partial charge on any atom is -0.379 e. The lowest BCUT2D eigenvalue weighted by molar-refractivity contribution is -0.0154. The summed E-state index contributed by atoms with van der Waals surface area (Å²) in [5.41, 5.74) is -0.0600. The summed E-state index contributed by atoms with van der Waals surface area (Å²) >= 11 is 0. The largest absolute Gasteiger partial charge is 0.379 e. The van der Waals surface area contributed by atoms with Gasteiger partial charge in [-0.15, -0.1) is 6.58 Å². The van der Waals surface area contributed by atoms with Crippen molar-refractivity contribution in [3.63, 3.8) is 0 Å². The molecule has 4 heteroatoms. The highest BCUT2D eigenvalue weighted by molar-refractivity contribution is 6.03. The first kappa shape index (κ1) is 15.9. The van der Waals surface area contributed by atoms with Gasteiger partial charge in [0.05, 0.1) is 18.8 Å². The molecule has 3 nitrogen and oxygen atoms in total. The predicted molar refractivity (Wildman–Crippen MR) is 81.0 cm³/mol. The highest BCUT2D eigenvalue weighted by Gasteiger charge is 2.42. The molecule has 1 aliphatic heterocycles. The van der Waals surface area contributed by atoms with Crippen molar-refractivity contribution in [1.82, 2.24) is 4.90 Å². The van der Waals surface area contributed by atoms with E-state index in [1.54, 1.807) is 18.2 Å². The number of rotatable bonds is 6. The maximum atomic E-state index is 13.1. The fourth-order valence-electron chi connectivity index (χ4n) is 2.99. The maximum Gasteiger partial charge on any atom is 0.183 e. The monoisotopic (exact) mass is 291 g/mol. The van der Waals surface area contributed by atoms with E-state index in [9.17, 15) is 9.18 Å². The van der Waals surface area contributed by atoms with E-state index in [2.05, 4.69) is 11.5 Å². The van der Waals surface area contributed by atoms with Gasteiger partial charge in [-0.3, -0.25) is 9.69 Å². The zero-order chi connectivity index (χ0) is 15.3. The van der Waals surface area contributed by atoms with E-state index in [4.69, 9.17) is 4.74 Å². The van der Waals surface area contributed by atoms with Gasteiger partial charge in [-0.05, 0) is 37.1 Å². The summed E-state index contributed by atoms with van der Waals surface area (Å²) in [4.78, 5) is 15.2. The molecule has 1 heterocycles. The zero-order valence-corrected chi connectivity index (χ0v) is 12.5. The molecular formula is C17H22FNO2. The number of ketones is 1. The number of benzene rings is 1. The summed E-state index contributed by atoms with van der Waals surface area (Å²) in [5.74, 6) is -0.296. The van der Waals surface area contributed by atoms with Crippen LogP contribution in [0.5, 0.6) is 0 Å². The van der Waals surface area contributed by atoms with Gasteiger partial charge in [0, 0.05) is 18.7 Å². The summed E-state index contributed by atoms with van der Waals surface area (Å²) in [6.45, 7) is 8.55. The Labute approximate surface area is 125 Å². The summed E-state index contributed by atoms with van der Waals surface area (Å²) in [7, 11) is 0. The van der Waals surface area contributed by atoms with Gasteiger partial charge in [-0.2, -0.15) is 0 Å². The lowest BCUT2D eigenvalue weighted by Gasteiger charge is -2.43. The molecule has 1 aromatic rings. The van der Waals surface area contributed by atoms with Gasteiger partial charge in [0.15, 0.2) is 5.78 Å². The van der Waals surface area contributed by atoms with Crippen molar-refractivity contribution >= 4 is 5.78 Å². The number of carbonyl (C=O) groups excluding carboxylic acids is 1. The van der Waals surface area contributed by atoms with Gasteiger partial charge < -0.3 is 4.74 Å². The normalized spacial score (nSPS) is 19.0. The topological polar surface area (TPSA) is 29.5 Å². The summed E-state index contributed by atoms with van der Waals surface area (Å²) in [6, 6.07) is 5.79. The second-order valence-corrected chi connectivity index (χ2v) is 5.31. The van der Waals surface area contributed by atoms with Crippen molar-refractivity contribution in [3.05, 3.63) is 48.3 Å². The third kappa shape index (κ3) is 3.22. The van der Waals surface area contributed by atoms with Gasteiger partial charge >= 0.3 is 0 Å².